The molecule has 1 aromatic heterocycles. The first-order valence-electron chi connectivity index (χ1n) is 6.88. The first-order valence-corrected chi connectivity index (χ1v) is 7.70. The molecule has 3 rings (SSSR count). The number of nitrogens with two attached hydrogens (primary N) is 2. The Hall–Kier alpha value is -2.08. The van der Waals surface area contributed by atoms with Gasteiger partial charge in [0.15, 0.2) is 0 Å². The normalized spacial score (nSPS) is 18.3. The number of rotatable bonds is 2. The predicted molar refractivity (Wildman–Crippen MR) is 84.2 cm³/mol. The summed E-state index contributed by atoms with van der Waals surface area (Å²) in [6.07, 6.45) is 1.42. The van der Waals surface area contributed by atoms with Gasteiger partial charge in [-0.05, 0) is 25.3 Å². The van der Waals surface area contributed by atoms with E-state index in [1.54, 1.807) is 4.90 Å². The van der Waals surface area contributed by atoms with Crippen molar-refractivity contribution in [3.05, 3.63) is 28.6 Å². The second-order valence-electron chi connectivity index (χ2n) is 5.36. The molecule has 0 aliphatic carbocycles. The van der Waals surface area contributed by atoms with E-state index in [9.17, 15) is 9.59 Å². The monoisotopic (exact) mass is 303 g/mol. The lowest BCUT2D eigenvalue weighted by Crippen LogP contribution is -2.43. The molecule has 1 unspecified atom stereocenters. The van der Waals surface area contributed by atoms with Crippen LogP contribution in [0.15, 0.2) is 18.2 Å². The number of likely N-dealkylation sites (tertiary alicyclic amines) is 1. The van der Waals surface area contributed by atoms with Gasteiger partial charge in [-0.2, -0.15) is 0 Å². The molecular formula is C15H17N3O2S. The lowest BCUT2D eigenvalue weighted by Gasteiger charge is -2.21. The Bertz CT molecular complexity index is 738. The Morgan fingerprint density at radius 3 is 2.81 bits per heavy atom. The summed E-state index contributed by atoms with van der Waals surface area (Å²) in [4.78, 5) is 26.2. The highest BCUT2D eigenvalue weighted by Gasteiger charge is 2.34. The van der Waals surface area contributed by atoms with Gasteiger partial charge >= 0.3 is 0 Å². The topological polar surface area (TPSA) is 89.4 Å². The van der Waals surface area contributed by atoms with Crippen molar-refractivity contribution in [3.63, 3.8) is 0 Å². The summed E-state index contributed by atoms with van der Waals surface area (Å²) in [5, 5.41) is 0.901. The van der Waals surface area contributed by atoms with Crippen LogP contribution >= 0.6 is 11.3 Å². The number of nitrogens with zero attached hydrogens (tertiary/aromatic N) is 1. The third kappa shape index (κ3) is 2.15. The van der Waals surface area contributed by atoms with Crippen LogP contribution in [0, 0.1) is 6.92 Å². The smallest absolute Gasteiger partial charge is 0.266 e. The fourth-order valence-electron chi connectivity index (χ4n) is 2.87. The number of nitrogen functional groups attached to an aromatic ring is 1. The molecule has 1 aliphatic rings. The third-order valence-electron chi connectivity index (χ3n) is 3.99. The van der Waals surface area contributed by atoms with Crippen LogP contribution in [0.25, 0.3) is 10.1 Å². The summed E-state index contributed by atoms with van der Waals surface area (Å²) in [6, 6.07) is 5.33. The molecule has 21 heavy (non-hydrogen) atoms. The van der Waals surface area contributed by atoms with E-state index in [0.29, 0.717) is 23.5 Å². The minimum atomic E-state index is -0.511. The zero-order chi connectivity index (χ0) is 15.1. The van der Waals surface area contributed by atoms with Crippen LogP contribution in [0.3, 0.4) is 0 Å². The Labute approximate surface area is 126 Å². The summed E-state index contributed by atoms with van der Waals surface area (Å²) in [6.45, 7) is 2.55. The Balaban J connectivity index is 2.04. The molecule has 5 nitrogen and oxygen atoms in total. The molecule has 2 heterocycles. The lowest BCUT2D eigenvalue weighted by molar-refractivity contribution is -0.121. The van der Waals surface area contributed by atoms with Gasteiger partial charge in [0.25, 0.3) is 5.91 Å². The van der Waals surface area contributed by atoms with Crippen LogP contribution < -0.4 is 11.5 Å². The molecule has 1 aliphatic heterocycles. The van der Waals surface area contributed by atoms with Gasteiger partial charge in [0.2, 0.25) is 5.91 Å². The van der Waals surface area contributed by atoms with Crippen LogP contribution in [0.2, 0.25) is 0 Å². The van der Waals surface area contributed by atoms with Gasteiger partial charge in [-0.1, -0.05) is 18.2 Å². The van der Waals surface area contributed by atoms with E-state index in [1.165, 1.54) is 11.3 Å². The van der Waals surface area contributed by atoms with Gasteiger partial charge in [0.1, 0.15) is 10.9 Å². The molecule has 0 saturated carbocycles. The zero-order valence-corrected chi connectivity index (χ0v) is 12.6. The number of carbonyl (C=O) groups is 2. The average molecular weight is 303 g/mol. The number of fused-ring (bicyclic) bond motifs is 1. The minimum absolute atomic E-state index is 0.186. The van der Waals surface area contributed by atoms with Crippen LogP contribution in [0.4, 0.5) is 5.69 Å². The summed E-state index contributed by atoms with van der Waals surface area (Å²) in [5.74, 6) is -0.633. The van der Waals surface area contributed by atoms with E-state index in [0.717, 1.165) is 22.1 Å². The van der Waals surface area contributed by atoms with Gasteiger partial charge in [-0.15, -0.1) is 11.3 Å². The Morgan fingerprint density at radius 2 is 2.14 bits per heavy atom. The Morgan fingerprint density at radius 1 is 1.38 bits per heavy atom. The zero-order valence-electron chi connectivity index (χ0n) is 11.8. The van der Waals surface area contributed by atoms with E-state index in [-0.39, 0.29) is 5.91 Å². The van der Waals surface area contributed by atoms with Crippen LogP contribution in [-0.4, -0.2) is 29.3 Å². The van der Waals surface area contributed by atoms with Crippen molar-refractivity contribution in [2.24, 2.45) is 5.73 Å². The highest BCUT2D eigenvalue weighted by molar-refractivity contribution is 7.21. The van der Waals surface area contributed by atoms with E-state index >= 15 is 0 Å². The van der Waals surface area contributed by atoms with Gasteiger partial charge in [-0.3, -0.25) is 9.59 Å². The quantitative estimate of drug-likeness (QED) is 0.887. The van der Waals surface area contributed by atoms with Crippen molar-refractivity contribution >= 4 is 38.9 Å². The SMILES string of the molecule is Cc1cccc2c(N)c(C(=O)N3CCCC3C(N)=O)sc12. The molecule has 110 valence electrons. The maximum absolute atomic E-state index is 12.7. The fourth-order valence-corrected chi connectivity index (χ4v) is 4.02. The van der Waals surface area contributed by atoms with Gasteiger partial charge in [-0.25, -0.2) is 0 Å². The number of aryl methyl sites for hydroxylation is 1. The number of thiophene rings is 1. The van der Waals surface area contributed by atoms with E-state index in [1.807, 2.05) is 25.1 Å². The fraction of sp³-hybridized carbons (Fsp3) is 0.333. The van der Waals surface area contributed by atoms with E-state index < -0.39 is 11.9 Å². The largest absolute Gasteiger partial charge is 0.397 e. The highest BCUT2D eigenvalue weighted by Crippen LogP contribution is 2.37. The number of carbonyl (C=O) groups excluding carboxylic acids is 2. The molecule has 0 spiro atoms. The summed E-state index contributed by atoms with van der Waals surface area (Å²) in [5.41, 5.74) is 13.1. The van der Waals surface area contributed by atoms with Crippen molar-refractivity contribution < 1.29 is 9.59 Å². The first kappa shape index (κ1) is 13.9. The van der Waals surface area contributed by atoms with Crippen molar-refractivity contribution in [1.82, 2.24) is 4.90 Å². The molecular weight excluding hydrogens is 286 g/mol. The lowest BCUT2D eigenvalue weighted by atomic mass is 10.1. The first-order chi connectivity index (χ1) is 10.0. The van der Waals surface area contributed by atoms with E-state index in [2.05, 4.69) is 0 Å². The van der Waals surface area contributed by atoms with Crippen molar-refractivity contribution in [2.45, 2.75) is 25.8 Å². The summed E-state index contributed by atoms with van der Waals surface area (Å²) < 4.78 is 1.02. The van der Waals surface area contributed by atoms with Crippen molar-refractivity contribution in [2.75, 3.05) is 12.3 Å². The van der Waals surface area contributed by atoms with Crippen LogP contribution in [0.1, 0.15) is 28.1 Å². The Kier molecular flexibility index (Phi) is 3.33. The number of benzene rings is 1. The molecule has 2 amide bonds. The minimum Gasteiger partial charge on any atom is -0.397 e. The molecule has 2 aromatic rings. The summed E-state index contributed by atoms with van der Waals surface area (Å²) in [7, 11) is 0. The molecule has 1 saturated heterocycles. The van der Waals surface area contributed by atoms with Crippen LogP contribution in [0.5, 0.6) is 0 Å². The molecule has 1 fully saturated rings. The molecule has 4 N–H and O–H groups in total. The number of anilines is 1. The molecule has 1 atom stereocenters. The van der Waals surface area contributed by atoms with Crippen LogP contribution in [-0.2, 0) is 4.79 Å². The number of hydrogen-bond acceptors (Lipinski definition) is 4. The number of primary amides is 1. The molecule has 0 radical (unpaired) electrons. The van der Waals surface area contributed by atoms with Gasteiger partial charge in [0.05, 0.1) is 5.69 Å². The average Bonchev–Trinajstić information content (AvgIpc) is 3.05. The standard InChI is InChI=1S/C15H17N3O2S/c1-8-4-2-5-9-11(16)13(21-12(8)9)15(20)18-7-3-6-10(18)14(17)19/h2,4-5,10H,3,6-7,16H2,1H3,(H2,17,19). The van der Waals surface area contributed by atoms with Crippen molar-refractivity contribution in [1.29, 1.82) is 0 Å². The predicted octanol–water partition coefficient (Wildman–Crippen LogP) is 1.88. The second-order valence-corrected chi connectivity index (χ2v) is 6.38. The molecule has 6 heteroatoms. The molecule has 0 bridgehead atoms. The maximum Gasteiger partial charge on any atom is 0.266 e. The van der Waals surface area contributed by atoms with Gasteiger partial charge < -0.3 is 16.4 Å². The maximum atomic E-state index is 12.7. The third-order valence-corrected chi connectivity index (χ3v) is 5.33. The second kappa shape index (κ2) is 5.04. The summed E-state index contributed by atoms with van der Waals surface area (Å²) >= 11 is 1.39. The molecule has 1 aromatic carbocycles. The van der Waals surface area contributed by atoms with E-state index in [4.69, 9.17) is 11.5 Å². The van der Waals surface area contributed by atoms with Gasteiger partial charge in [0, 0.05) is 16.6 Å². The highest BCUT2D eigenvalue weighted by atomic mass is 32.1. The number of hydrogen-bond donors (Lipinski definition) is 2. The number of amides is 2. The van der Waals surface area contributed by atoms with Crippen molar-refractivity contribution in [3.8, 4) is 0 Å².